The van der Waals surface area contributed by atoms with Crippen LogP contribution in [0.3, 0.4) is 0 Å². The molecule has 108 heavy (non-hydrogen) atoms. The minimum absolute atomic E-state index is 0.0134. The molecule has 0 saturated carbocycles. The number of carboxylic acids is 1. The number of carboxylic acid groups (broad SMARTS) is 1. The molecule has 594 valence electrons. The van der Waals surface area contributed by atoms with Crippen molar-refractivity contribution in [1.82, 2.24) is 84.7 Å². The first kappa shape index (κ1) is 88.7. The maximum absolute atomic E-state index is 14.6. The van der Waals surface area contributed by atoms with Crippen LogP contribution in [0, 0.1) is 11.8 Å². The molecular formula is C69H103N19O18S2. The minimum Gasteiger partial charge on any atom is -0.480 e. The van der Waals surface area contributed by atoms with Crippen LogP contribution in [0.4, 0.5) is 0 Å². The van der Waals surface area contributed by atoms with Crippen LogP contribution in [0.25, 0.3) is 10.9 Å². The van der Waals surface area contributed by atoms with Gasteiger partial charge in [0, 0.05) is 52.4 Å². The molecule has 0 aliphatic carbocycles. The fourth-order valence-electron chi connectivity index (χ4n) is 11.3. The van der Waals surface area contributed by atoms with E-state index in [0.717, 1.165) is 41.4 Å². The van der Waals surface area contributed by atoms with Crippen LogP contribution < -0.4 is 97.0 Å². The standard InChI is InChI=1S/C69H103N19O18S2/c1-8-35(4)55-67(103)77-36(5)58(94)74-28-52(92)80-48(32-107-31-47(79-50(90)26-72)65(101)84-46(63(99)86-55)25-40-27-73-42-19-13-12-18-41(40)42)64(100)82-43(20-14-22-70)59(95)75-30-53(93)81-49-33-108-38(7)57(68(104)83-44(21-15-23-71)61(97)87-56(37(6)89)69(105)106)88-66(102)54(34(2)3)85-62(98)45(24-39-16-10-9-11-17-39)78-51(91)29-76-60(49)96/h9-13,16-19,27,34-38,43-49,54-57,73,89H,8,14-15,20-26,28-33,70-72H2,1-7H3,(H,74,94)(H,75,95)(H,76,96)(H,77,103)(H,78,91)(H,79,90)(H,80,92)(H,81,93)(H,82,100)(H,83,104)(H,84,101)(H,85,98)(H,86,99)(H,87,97)(H,88,102)(H,105,106)/t35-,36-,37+,38-,43-,44-,45-,46-,47-,48-,49-,54+,55+,56-,57-/m0/s1. The number of carbonyl (C=O) groups is 16. The van der Waals surface area contributed by atoms with Gasteiger partial charge >= 0.3 is 5.97 Å². The van der Waals surface area contributed by atoms with Gasteiger partial charge in [-0.15, -0.1) is 0 Å². The number of aliphatic hydroxyl groups is 1. The molecule has 15 amide bonds. The molecule has 0 radical (unpaired) electrons. The Morgan fingerprint density at radius 2 is 1.17 bits per heavy atom. The van der Waals surface area contributed by atoms with E-state index < -0.39 is 228 Å². The van der Waals surface area contributed by atoms with Crippen molar-refractivity contribution in [3.05, 3.63) is 71.9 Å². The number of hydrogen-bond donors (Lipinski definition) is 21. The largest absolute Gasteiger partial charge is 0.480 e. The first-order valence-corrected chi connectivity index (χ1v) is 37.7. The van der Waals surface area contributed by atoms with E-state index in [-0.39, 0.29) is 57.4 Å². The lowest BCUT2D eigenvalue weighted by molar-refractivity contribution is -0.145. The van der Waals surface area contributed by atoms with Gasteiger partial charge in [0.2, 0.25) is 88.6 Å². The summed E-state index contributed by atoms with van der Waals surface area (Å²) in [5.41, 5.74) is 19.2. The van der Waals surface area contributed by atoms with Crippen LogP contribution in [0.1, 0.15) is 91.7 Å². The topological polar surface area (TPSA) is 588 Å². The highest BCUT2D eigenvalue weighted by Gasteiger charge is 2.40. The minimum atomic E-state index is -1.81. The number of nitrogens with one attached hydrogen (secondary N) is 16. The van der Waals surface area contributed by atoms with E-state index in [4.69, 9.17) is 17.2 Å². The van der Waals surface area contributed by atoms with E-state index in [1.165, 1.54) is 13.8 Å². The van der Waals surface area contributed by atoms with Crippen LogP contribution in [0.15, 0.2) is 60.8 Å². The summed E-state index contributed by atoms with van der Waals surface area (Å²) in [5, 5.41) is 57.5. The number of nitrogens with two attached hydrogens (primary N) is 3. The number of para-hydroxylation sites is 1. The van der Waals surface area contributed by atoms with E-state index >= 15 is 0 Å². The summed E-state index contributed by atoms with van der Waals surface area (Å²) in [4.78, 5) is 226. The summed E-state index contributed by atoms with van der Waals surface area (Å²) in [6.45, 7) is 7.57. The normalized spacial score (nSPS) is 23.6. The average molecular weight is 1550 g/mol. The predicted octanol–water partition coefficient (Wildman–Crippen LogP) is -6.37. The summed E-state index contributed by atoms with van der Waals surface area (Å²) in [5.74, 6) is -17.7. The second-order valence-electron chi connectivity index (χ2n) is 26.6. The Kier molecular flexibility index (Phi) is 36.4. The molecule has 1 aromatic heterocycles. The highest BCUT2D eigenvalue weighted by Crippen LogP contribution is 2.22. The number of thioether (sulfide) groups is 2. The highest BCUT2D eigenvalue weighted by molar-refractivity contribution is 8.00. The highest BCUT2D eigenvalue weighted by atomic mass is 32.2. The van der Waals surface area contributed by atoms with Crippen LogP contribution >= 0.6 is 23.5 Å². The lowest BCUT2D eigenvalue weighted by Crippen LogP contribution is -2.62. The lowest BCUT2D eigenvalue weighted by atomic mass is 9.96. The number of aliphatic carboxylic acids is 1. The van der Waals surface area contributed by atoms with Gasteiger partial charge in [0.15, 0.2) is 6.04 Å². The molecular weight excluding hydrogens is 1450 g/mol. The fraction of sp³-hybridized carbons (Fsp3) is 0.565. The molecule has 0 unspecified atom stereocenters. The van der Waals surface area contributed by atoms with Gasteiger partial charge in [-0.05, 0) is 81.6 Å². The average Bonchev–Trinajstić information content (AvgIpc) is 1.71. The molecule has 2 aromatic carbocycles. The van der Waals surface area contributed by atoms with Crippen molar-refractivity contribution in [3.8, 4) is 0 Å². The van der Waals surface area contributed by atoms with Crippen LogP contribution in [-0.4, -0.2) is 250 Å². The van der Waals surface area contributed by atoms with Crippen molar-refractivity contribution in [3.63, 3.8) is 0 Å². The number of carbonyl (C=O) groups excluding carboxylic acids is 15. The Bertz CT molecular complexity index is 3660. The Morgan fingerprint density at radius 1 is 0.593 bits per heavy atom. The second kappa shape index (κ2) is 44.4. The fourth-order valence-corrected chi connectivity index (χ4v) is 13.5. The zero-order valence-corrected chi connectivity index (χ0v) is 62.9. The Labute approximate surface area is 632 Å². The van der Waals surface area contributed by atoms with Gasteiger partial charge < -0.3 is 112 Å². The molecule has 3 heterocycles. The van der Waals surface area contributed by atoms with Crippen molar-refractivity contribution >= 4 is 129 Å². The first-order chi connectivity index (χ1) is 51.3. The number of aromatic amines is 1. The smallest absolute Gasteiger partial charge is 0.328 e. The Balaban J connectivity index is 1.43. The van der Waals surface area contributed by atoms with Crippen molar-refractivity contribution in [2.24, 2.45) is 29.0 Å². The van der Waals surface area contributed by atoms with Crippen molar-refractivity contribution in [2.75, 3.05) is 56.5 Å². The molecule has 0 spiro atoms. The molecule has 5 rings (SSSR count). The van der Waals surface area contributed by atoms with Crippen molar-refractivity contribution < 1.29 is 86.9 Å². The molecule has 2 aliphatic heterocycles. The SMILES string of the molecule is CC[C@H](C)[C@H]1NC(=O)[C@H](Cc2c[nH]c3ccccc23)NC(=O)[C@@H](NC(=O)CN)CSC[C@@H](C(=O)N[C@@H](CCCN)C(=O)NCC(=O)N[C@H]2CS[C@@H](C)[C@@H](C(=O)N[C@@H](CCCN)C(=O)N[C@H](C(=O)O)[C@@H](C)O)NC(=O)[C@@H](C(C)C)NC(=O)[C@H](Cc3ccccc3)NC(=O)CNC2=O)NC(=O)CNC(=O)[C@H](C)NC1=O. The van der Waals surface area contributed by atoms with Crippen molar-refractivity contribution in [1.29, 1.82) is 0 Å². The number of hydrogen-bond acceptors (Lipinski definition) is 22. The number of fused-ring (bicyclic) bond motifs is 1. The van der Waals surface area contributed by atoms with Crippen LogP contribution in [0.2, 0.25) is 0 Å². The summed E-state index contributed by atoms with van der Waals surface area (Å²) < 4.78 is 0. The van der Waals surface area contributed by atoms with Gasteiger partial charge in [0.25, 0.3) is 0 Å². The monoisotopic (exact) mass is 1550 g/mol. The number of rotatable bonds is 27. The molecule has 0 bridgehead atoms. The summed E-state index contributed by atoms with van der Waals surface area (Å²) in [6.07, 6.45) is 0.0821. The molecule has 24 N–H and O–H groups in total. The quantitative estimate of drug-likeness (QED) is 0.0338. The molecule has 3 aromatic rings. The summed E-state index contributed by atoms with van der Waals surface area (Å²) in [6, 6.07) is -2.19. The third kappa shape index (κ3) is 28.0. The van der Waals surface area contributed by atoms with Gasteiger partial charge in [-0.25, -0.2) is 4.79 Å². The second-order valence-corrected chi connectivity index (χ2v) is 29.1. The Morgan fingerprint density at radius 3 is 1.79 bits per heavy atom. The van der Waals surface area contributed by atoms with E-state index in [9.17, 15) is 86.9 Å². The van der Waals surface area contributed by atoms with Gasteiger partial charge in [0.1, 0.15) is 66.5 Å². The third-order valence-electron chi connectivity index (χ3n) is 17.7. The van der Waals surface area contributed by atoms with E-state index in [0.29, 0.717) is 17.5 Å². The van der Waals surface area contributed by atoms with Crippen LogP contribution in [-0.2, 0) is 89.6 Å². The lowest BCUT2D eigenvalue weighted by Gasteiger charge is -2.31. The van der Waals surface area contributed by atoms with Crippen LogP contribution in [0.5, 0.6) is 0 Å². The van der Waals surface area contributed by atoms with Gasteiger partial charge in [-0.3, -0.25) is 71.9 Å². The number of amides is 15. The van der Waals surface area contributed by atoms with E-state index in [2.05, 4.69) is 84.7 Å². The molecule has 15 atom stereocenters. The zero-order chi connectivity index (χ0) is 79.9. The van der Waals surface area contributed by atoms with E-state index in [1.807, 2.05) is 0 Å². The number of aromatic nitrogens is 1. The maximum atomic E-state index is 14.6. The van der Waals surface area contributed by atoms with Gasteiger partial charge in [0.05, 0.1) is 32.3 Å². The third-order valence-corrected chi connectivity index (χ3v) is 20.2. The Hall–Kier alpha value is -9.96. The maximum Gasteiger partial charge on any atom is 0.328 e. The molecule has 2 fully saturated rings. The molecule has 2 saturated heterocycles. The van der Waals surface area contributed by atoms with Gasteiger partial charge in [-0.1, -0.05) is 89.6 Å². The predicted molar refractivity (Wildman–Crippen MR) is 399 cm³/mol. The number of aliphatic hydroxyl groups excluding tert-OH is 1. The number of benzene rings is 2. The summed E-state index contributed by atoms with van der Waals surface area (Å²) >= 11 is 1.69. The van der Waals surface area contributed by atoms with Gasteiger partial charge in [-0.2, -0.15) is 23.5 Å². The summed E-state index contributed by atoms with van der Waals surface area (Å²) in [7, 11) is 0. The molecule has 39 heteroatoms. The zero-order valence-electron chi connectivity index (χ0n) is 61.3. The van der Waals surface area contributed by atoms with Crippen molar-refractivity contribution in [2.45, 2.75) is 177 Å². The first-order valence-electron chi connectivity index (χ1n) is 35.5. The number of H-pyrrole nitrogens is 1. The molecule has 37 nitrogen and oxygen atoms in total. The molecule has 2 aliphatic rings. The van der Waals surface area contributed by atoms with E-state index in [1.54, 1.807) is 88.5 Å².